The number of hydroxylamine groups is 2. The molecule has 4 N–H and O–H groups in total. The Balaban J connectivity index is 2.57. The molecule has 1 rings (SSSR count). The predicted molar refractivity (Wildman–Crippen MR) is 57.8 cm³/mol. The number of hydrogen-bond acceptors (Lipinski definition) is 6. The minimum atomic E-state index is -5.20. The second kappa shape index (κ2) is 6.03. The van der Waals surface area contributed by atoms with Gasteiger partial charge in [-0.1, -0.05) is 35.6 Å². The lowest BCUT2D eigenvalue weighted by atomic mass is 10.2. The van der Waals surface area contributed by atoms with Crippen LogP contribution in [0.4, 0.5) is 0 Å². The standard InChI is InChI=1S/C7H11NO8P2/c9-8(6-7-4-2-1-3-5-7)15-18(13,14)16-17(10,11)12/h1-5,9H,6H2,(H,13,14)(H2,10,11,12). The zero-order valence-corrected chi connectivity index (χ0v) is 10.6. The summed E-state index contributed by atoms with van der Waals surface area (Å²) in [5.41, 5.74) is 0.538. The maximum Gasteiger partial charge on any atom is 0.499 e. The molecule has 1 aromatic rings. The summed E-state index contributed by atoms with van der Waals surface area (Å²) in [6, 6.07) is 8.24. The van der Waals surface area contributed by atoms with Crippen molar-refractivity contribution in [3.63, 3.8) is 0 Å². The van der Waals surface area contributed by atoms with Gasteiger partial charge >= 0.3 is 15.6 Å². The Morgan fingerprint density at radius 1 is 1.11 bits per heavy atom. The highest BCUT2D eigenvalue weighted by Gasteiger charge is 2.34. The molecule has 0 spiro atoms. The topological polar surface area (TPSA) is 137 Å². The summed E-state index contributed by atoms with van der Waals surface area (Å²) in [6.45, 7) is -0.296. The Bertz CT molecular complexity index is 474. The molecule has 102 valence electrons. The number of hydrogen-bond donors (Lipinski definition) is 4. The summed E-state index contributed by atoms with van der Waals surface area (Å²) >= 11 is 0. The molecule has 0 aromatic heterocycles. The molecule has 0 aliphatic carbocycles. The van der Waals surface area contributed by atoms with Crippen LogP contribution in [0.5, 0.6) is 0 Å². The molecular formula is C7H11NO8P2. The normalized spacial score (nSPS) is 15.6. The third-order valence-corrected chi connectivity index (χ3v) is 3.64. The largest absolute Gasteiger partial charge is 0.499 e. The van der Waals surface area contributed by atoms with Crippen molar-refractivity contribution in [1.82, 2.24) is 5.23 Å². The minimum absolute atomic E-state index is 0.0498. The lowest BCUT2D eigenvalue weighted by molar-refractivity contribution is -0.297. The summed E-state index contributed by atoms with van der Waals surface area (Å²) in [5, 5.41) is 9.13. The van der Waals surface area contributed by atoms with Crippen molar-refractivity contribution in [3.8, 4) is 0 Å². The summed E-state index contributed by atoms with van der Waals surface area (Å²) in [6.07, 6.45) is 0. The third kappa shape index (κ3) is 6.36. The van der Waals surface area contributed by atoms with E-state index >= 15 is 0 Å². The molecule has 1 atom stereocenters. The molecule has 0 radical (unpaired) electrons. The lowest BCUT2D eigenvalue weighted by Crippen LogP contribution is -2.18. The highest BCUT2D eigenvalue weighted by atomic mass is 31.3. The van der Waals surface area contributed by atoms with Gasteiger partial charge in [0.25, 0.3) is 0 Å². The van der Waals surface area contributed by atoms with Crippen LogP contribution in [0.3, 0.4) is 0 Å². The number of phosphoric acid groups is 2. The van der Waals surface area contributed by atoms with Crippen molar-refractivity contribution in [2.45, 2.75) is 6.54 Å². The fourth-order valence-electron chi connectivity index (χ4n) is 1.04. The first-order valence-electron chi connectivity index (χ1n) is 4.48. The Morgan fingerprint density at radius 2 is 1.67 bits per heavy atom. The molecule has 0 aliphatic rings. The van der Waals surface area contributed by atoms with Gasteiger partial charge in [0, 0.05) is 0 Å². The van der Waals surface area contributed by atoms with Gasteiger partial charge in [-0.25, -0.2) is 9.13 Å². The van der Waals surface area contributed by atoms with Gasteiger partial charge in [-0.3, -0.25) is 5.21 Å². The molecule has 0 amide bonds. The fourth-order valence-corrected chi connectivity index (χ4v) is 2.53. The minimum Gasteiger partial charge on any atom is -0.302 e. The smallest absolute Gasteiger partial charge is 0.302 e. The molecule has 0 fully saturated rings. The number of nitrogens with zero attached hydrogens (tertiary/aromatic N) is 1. The molecule has 18 heavy (non-hydrogen) atoms. The van der Waals surface area contributed by atoms with Crippen LogP contribution in [0.1, 0.15) is 5.56 Å². The van der Waals surface area contributed by atoms with E-state index in [0.717, 1.165) is 0 Å². The van der Waals surface area contributed by atoms with Gasteiger partial charge in [-0.05, 0) is 5.56 Å². The highest BCUT2D eigenvalue weighted by Crippen LogP contribution is 2.57. The second-order valence-electron chi connectivity index (χ2n) is 3.12. The van der Waals surface area contributed by atoms with E-state index in [1.165, 1.54) is 0 Å². The van der Waals surface area contributed by atoms with Crippen LogP contribution >= 0.6 is 15.6 Å². The van der Waals surface area contributed by atoms with E-state index in [4.69, 9.17) is 14.7 Å². The van der Waals surface area contributed by atoms with Crippen LogP contribution in [0.2, 0.25) is 0 Å². The van der Waals surface area contributed by atoms with Crippen molar-refractivity contribution >= 4 is 15.6 Å². The van der Waals surface area contributed by atoms with Gasteiger partial charge in [-0.15, -0.1) is 0 Å². The van der Waals surface area contributed by atoms with E-state index < -0.39 is 15.6 Å². The zero-order valence-electron chi connectivity index (χ0n) is 8.86. The van der Waals surface area contributed by atoms with Crippen molar-refractivity contribution in [1.29, 1.82) is 0 Å². The molecule has 1 aromatic carbocycles. The molecule has 0 saturated heterocycles. The van der Waals surface area contributed by atoms with Gasteiger partial charge in [0.05, 0.1) is 6.54 Å². The average molecular weight is 299 g/mol. The van der Waals surface area contributed by atoms with Crippen molar-refractivity contribution in [2.75, 3.05) is 0 Å². The SMILES string of the molecule is O=P(O)(O)OP(=O)(O)ON(O)Cc1ccccc1. The maximum absolute atomic E-state index is 11.0. The van der Waals surface area contributed by atoms with Crippen molar-refractivity contribution < 1.29 is 38.0 Å². The second-order valence-corrected chi connectivity index (χ2v) is 5.85. The first-order chi connectivity index (χ1) is 8.18. The van der Waals surface area contributed by atoms with E-state index in [2.05, 4.69) is 8.94 Å². The van der Waals surface area contributed by atoms with Gasteiger partial charge in [0.1, 0.15) is 0 Å². The van der Waals surface area contributed by atoms with E-state index in [9.17, 15) is 14.3 Å². The van der Waals surface area contributed by atoms with Crippen molar-refractivity contribution in [3.05, 3.63) is 35.9 Å². The summed E-state index contributed by atoms with van der Waals surface area (Å²) < 4.78 is 28.9. The Kier molecular flexibility index (Phi) is 5.18. The molecule has 0 bridgehead atoms. The lowest BCUT2D eigenvalue weighted by Gasteiger charge is -2.17. The molecule has 0 saturated carbocycles. The first-order valence-corrected chi connectivity index (χ1v) is 7.50. The van der Waals surface area contributed by atoms with Crippen LogP contribution in [0.15, 0.2) is 30.3 Å². The first kappa shape index (κ1) is 15.5. The maximum atomic E-state index is 11.0. The summed E-state index contributed by atoms with van der Waals surface area (Å²) in [4.78, 5) is 25.6. The van der Waals surface area contributed by atoms with Crippen LogP contribution < -0.4 is 0 Å². The molecule has 9 nitrogen and oxygen atoms in total. The zero-order chi connectivity index (χ0) is 13.8. The summed E-state index contributed by atoms with van der Waals surface area (Å²) in [7, 11) is -10.3. The van der Waals surface area contributed by atoms with Gasteiger partial charge in [0.15, 0.2) is 0 Å². The van der Waals surface area contributed by atoms with Crippen molar-refractivity contribution in [2.24, 2.45) is 0 Å². The molecule has 1 unspecified atom stereocenters. The monoisotopic (exact) mass is 299 g/mol. The van der Waals surface area contributed by atoms with E-state index in [1.807, 2.05) is 0 Å². The van der Waals surface area contributed by atoms with Crippen LogP contribution in [0, 0.1) is 0 Å². The summed E-state index contributed by atoms with van der Waals surface area (Å²) in [5.74, 6) is 0. The van der Waals surface area contributed by atoms with Gasteiger partial charge in [0.2, 0.25) is 0 Å². The molecule has 11 heteroatoms. The van der Waals surface area contributed by atoms with Gasteiger partial charge in [-0.2, -0.15) is 8.94 Å². The average Bonchev–Trinajstić information content (AvgIpc) is 2.13. The Labute approximate surface area is 102 Å². The molecular weight excluding hydrogens is 288 g/mol. The third-order valence-electron chi connectivity index (χ3n) is 1.57. The highest BCUT2D eigenvalue weighted by molar-refractivity contribution is 7.60. The predicted octanol–water partition coefficient (Wildman–Crippen LogP) is 1.02. The number of benzene rings is 1. The fraction of sp³-hybridized carbons (Fsp3) is 0.143. The van der Waals surface area contributed by atoms with Crippen LogP contribution in [-0.4, -0.2) is 25.1 Å². The quantitative estimate of drug-likeness (QED) is 0.448. The van der Waals surface area contributed by atoms with Crippen LogP contribution in [0.25, 0.3) is 0 Å². The van der Waals surface area contributed by atoms with E-state index in [-0.39, 0.29) is 11.8 Å². The Hall–Kier alpha value is -0.600. The number of rotatable bonds is 6. The Morgan fingerprint density at radius 3 is 2.17 bits per heavy atom. The van der Waals surface area contributed by atoms with E-state index in [0.29, 0.717) is 5.56 Å². The van der Waals surface area contributed by atoms with E-state index in [1.54, 1.807) is 30.3 Å². The van der Waals surface area contributed by atoms with Gasteiger partial charge < -0.3 is 14.7 Å². The molecule has 0 aliphatic heterocycles. The molecule has 0 heterocycles. The van der Waals surface area contributed by atoms with Crippen LogP contribution in [-0.2, 0) is 24.6 Å².